The Morgan fingerprint density at radius 2 is 1.68 bits per heavy atom. The first kappa shape index (κ1) is 21.8. The lowest BCUT2D eigenvalue weighted by atomic mass is 10.1. The van der Waals surface area contributed by atoms with Gasteiger partial charge in [-0.15, -0.1) is 0 Å². The number of ether oxygens (including phenoxy) is 1. The molecule has 0 spiro atoms. The van der Waals surface area contributed by atoms with E-state index >= 15 is 0 Å². The van der Waals surface area contributed by atoms with Gasteiger partial charge in [-0.25, -0.2) is 0 Å². The van der Waals surface area contributed by atoms with Crippen LogP contribution in [0.4, 0.5) is 0 Å². The summed E-state index contributed by atoms with van der Waals surface area (Å²) in [6, 6.07) is 18.8. The number of rotatable bonds is 6. The number of nitrogens with zero attached hydrogens (tertiary/aromatic N) is 3. The van der Waals surface area contributed by atoms with Crippen LogP contribution in [0.1, 0.15) is 35.7 Å². The van der Waals surface area contributed by atoms with E-state index in [0.717, 1.165) is 69.8 Å². The average Bonchev–Trinajstić information content (AvgIpc) is 2.81. The van der Waals surface area contributed by atoms with Crippen LogP contribution in [0.3, 0.4) is 0 Å². The largest absolute Gasteiger partial charge is 0.490 e. The van der Waals surface area contributed by atoms with Gasteiger partial charge in [0, 0.05) is 50.9 Å². The van der Waals surface area contributed by atoms with Crippen LogP contribution in [0.15, 0.2) is 54.6 Å². The quantitative estimate of drug-likeness (QED) is 0.715. The number of amides is 1. The van der Waals surface area contributed by atoms with Crippen LogP contribution in [-0.2, 0) is 6.42 Å². The molecule has 0 radical (unpaired) electrons. The zero-order valence-electron chi connectivity index (χ0n) is 18.9. The van der Waals surface area contributed by atoms with Crippen LogP contribution in [0.25, 0.3) is 0 Å². The molecular weight excluding hydrogens is 386 g/mol. The van der Waals surface area contributed by atoms with Crippen LogP contribution >= 0.6 is 0 Å². The Kier molecular flexibility index (Phi) is 7.25. The maximum absolute atomic E-state index is 12.8. The highest BCUT2D eigenvalue weighted by Gasteiger charge is 2.25. The van der Waals surface area contributed by atoms with Gasteiger partial charge in [-0.1, -0.05) is 30.3 Å². The van der Waals surface area contributed by atoms with Crippen molar-refractivity contribution in [2.75, 3.05) is 46.3 Å². The Bertz CT molecular complexity index is 831. The minimum atomic E-state index is 0.123. The summed E-state index contributed by atoms with van der Waals surface area (Å²) in [6.07, 6.45) is 3.46. The van der Waals surface area contributed by atoms with Gasteiger partial charge in [0.2, 0.25) is 0 Å². The molecule has 0 aliphatic carbocycles. The van der Waals surface area contributed by atoms with Gasteiger partial charge < -0.3 is 19.4 Å². The number of carbonyl (C=O) groups is 1. The van der Waals surface area contributed by atoms with Crippen molar-refractivity contribution in [2.45, 2.75) is 38.3 Å². The maximum atomic E-state index is 12.8. The van der Waals surface area contributed by atoms with E-state index in [1.54, 1.807) is 0 Å². The Hall–Kier alpha value is -2.37. The van der Waals surface area contributed by atoms with Crippen molar-refractivity contribution in [1.29, 1.82) is 0 Å². The Balaban J connectivity index is 1.22. The molecule has 1 unspecified atom stereocenters. The highest BCUT2D eigenvalue weighted by molar-refractivity contribution is 5.94. The van der Waals surface area contributed by atoms with Crippen molar-refractivity contribution in [2.24, 2.45) is 0 Å². The summed E-state index contributed by atoms with van der Waals surface area (Å²) in [7, 11) is 2.12. The third-order valence-electron chi connectivity index (χ3n) is 6.75. The molecule has 2 aliphatic rings. The smallest absolute Gasteiger partial charge is 0.253 e. The molecule has 31 heavy (non-hydrogen) atoms. The third kappa shape index (κ3) is 5.86. The van der Waals surface area contributed by atoms with Crippen molar-refractivity contribution >= 4 is 5.91 Å². The van der Waals surface area contributed by atoms with Crippen LogP contribution in [0.5, 0.6) is 5.75 Å². The lowest BCUT2D eigenvalue weighted by Gasteiger charge is -2.37. The molecule has 2 saturated heterocycles. The predicted octanol–water partition coefficient (Wildman–Crippen LogP) is 3.55. The molecule has 0 N–H and O–H groups in total. The Labute approximate surface area is 186 Å². The summed E-state index contributed by atoms with van der Waals surface area (Å²) in [5.74, 6) is 0.990. The number of likely N-dealkylation sites (tertiary alicyclic amines) is 1. The van der Waals surface area contributed by atoms with Gasteiger partial charge in [-0.3, -0.25) is 4.79 Å². The predicted molar refractivity (Wildman–Crippen MR) is 125 cm³/mol. The van der Waals surface area contributed by atoms with E-state index in [4.69, 9.17) is 4.74 Å². The number of carbonyl (C=O) groups excluding carboxylic acids is 1. The number of piperazine rings is 1. The molecule has 2 fully saturated rings. The number of benzene rings is 2. The second-order valence-electron chi connectivity index (χ2n) is 9.00. The topological polar surface area (TPSA) is 36.0 Å². The fourth-order valence-corrected chi connectivity index (χ4v) is 4.47. The normalized spacial score (nSPS) is 21.2. The zero-order valence-corrected chi connectivity index (χ0v) is 18.9. The summed E-state index contributed by atoms with van der Waals surface area (Å²) >= 11 is 0. The van der Waals surface area contributed by atoms with Crippen LogP contribution in [-0.4, -0.2) is 79.1 Å². The van der Waals surface area contributed by atoms with Crippen molar-refractivity contribution in [3.8, 4) is 5.75 Å². The summed E-state index contributed by atoms with van der Waals surface area (Å²) in [5, 5.41) is 0. The molecule has 1 amide bonds. The number of hydrogen-bond acceptors (Lipinski definition) is 4. The van der Waals surface area contributed by atoms with Gasteiger partial charge in [0.05, 0.1) is 0 Å². The summed E-state index contributed by atoms with van der Waals surface area (Å²) in [5.41, 5.74) is 2.15. The first-order valence-electron chi connectivity index (χ1n) is 11.6. The van der Waals surface area contributed by atoms with Crippen molar-refractivity contribution in [1.82, 2.24) is 14.7 Å². The third-order valence-corrected chi connectivity index (χ3v) is 6.75. The molecule has 5 heteroatoms. The lowest BCUT2D eigenvalue weighted by molar-refractivity contribution is 0.0572. The first-order valence-corrected chi connectivity index (χ1v) is 11.6. The molecule has 166 valence electrons. The summed E-state index contributed by atoms with van der Waals surface area (Å²) < 4.78 is 6.22. The molecule has 2 heterocycles. The molecular formula is C26H35N3O2. The van der Waals surface area contributed by atoms with Crippen molar-refractivity contribution in [3.63, 3.8) is 0 Å². The monoisotopic (exact) mass is 421 g/mol. The van der Waals surface area contributed by atoms with Gasteiger partial charge in [-0.05, 0) is 63.1 Å². The van der Waals surface area contributed by atoms with E-state index in [1.165, 1.54) is 5.56 Å². The van der Waals surface area contributed by atoms with E-state index in [1.807, 2.05) is 29.2 Å². The molecule has 0 aromatic heterocycles. The molecule has 5 nitrogen and oxygen atoms in total. The van der Waals surface area contributed by atoms with Crippen LogP contribution in [0.2, 0.25) is 0 Å². The van der Waals surface area contributed by atoms with Gasteiger partial charge >= 0.3 is 0 Å². The lowest BCUT2D eigenvalue weighted by Crippen LogP contribution is -2.52. The summed E-state index contributed by atoms with van der Waals surface area (Å²) in [6.45, 7) is 7.95. The van der Waals surface area contributed by atoms with Crippen molar-refractivity contribution in [3.05, 3.63) is 65.7 Å². The number of piperidine rings is 1. The number of likely N-dealkylation sites (N-methyl/N-ethyl adjacent to an activating group) is 1. The summed E-state index contributed by atoms with van der Waals surface area (Å²) in [4.78, 5) is 19.6. The van der Waals surface area contributed by atoms with Crippen molar-refractivity contribution < 1.29 is 9.53 Å². The molecule has 4 rings (SSSR count). The zero-order chi connectivity index (χ0) is 21.6. The molecule has 2 aromatic carbocycles. The Morgan fingerprint density at radius 1 is 0.968 bits per heavy atom. The minimum absolute atomic E-state index is 0.123. The van der Waals surface area contributed by atoms with E-state index in [0.29, 0.717) is 6.04 Å². The maximum Gasteiger partial charge on any atom is 0.253 e. The molecule has 0 saturated carbocycles. The van der Waals surface area contributed by atoms with Gasteiger partial charge in [0.25, 0.3) is 5.91 Å². The standard InChI is InChI=1S/C26H35N3O2/c1-21-20-29(19-18-27(21)2)26(30)23-8-10-24(11-9-23)31-25-13-16-28(17-14-25)15-12-22-6-4-3-5-7-22/h3-11,21,25H,12-20H2,1-2H3. The molecule has 0 bridgehead atoms. The van der Waals surface area contributed by atoms with Gasteiger partial charge in [0.1, 0.15) is 11.9 Å². The number of hydrogen-bond donors (Lipinski definition) is 0. The minimum Gasteiger partial charge on any atom is -0.490 e. The van der Waals surface area contributed by atoms with E-state index in [9.17, 15) is 4.79 Å². The fourth-order valence-electron chi connectivity index (χ4n) is 4.47. The Morgan fingerprint density at radius 3 is 2.35 bits per heavy atom. The van der Waals surface area contributed by atoms with Gasteiger partial charge in [0.15, 0.2) is 0 Å². The highest BCUT2D eigenvalue weighted by Crippen LogP contribution is 2.21. The SMILES string of the molecule is CC1CN(C(=O)c2ccc(OC3CCN(CCc4ccccc4)CC3)cc2)CCN1C. The molecule has 2 aliphatic heterocycles. The van der Waals surface area contributed by atoms with Gasteiger partial charge in [-0.2, -0.15) is 0 Å². The highest BCUT2D eigenvalue weighted by atomic mass is 16.5. The molecule has 1 atom stereocenters. The van der Waals surface area contributed by atoms with E-state index in [-0.39, 0.29) is 12.0 Å². The molecule has 2 aromatic rings. The van der Waals surface area contributed by atoms with Crippen LogP contribution < -0.4 is 4.74 Å². The van der Waals surface area contributed by atoms with Crippen LogP contribution in [0, 0.1) is 0 Å². The van der Waals surface area contributed by atoms with E-state index < -0.39 is 0 Å². The van der Waals surface area contributed by atoms with E-state index in [2.05, 4.69) is 54.1 Å². The first-order chi connectivity index (χ1) is 15.1. The second kappa shape index (κ2) is 10.3. The fraction of sp³-hybridized carbons (Fsp3) is 0.500. The second-order valence-corrected chi connectivity index (χ2v) is 9.00. The average molecular weight is 422 g/mol.